The van der Waals surface area contributed by atoms with Gasteiger partial charge in [0.2, 0.25) is 0 Å². The summed E-state index contributed by atoms with van der Waals surface area (Å²) < 4.78 is 9.30. The molecule has 0 atom stereocenters. The zero-order valence-corrected chi connectivity index (χ0v) is 19.3. The zero-order chi connectivity index (χ0) is 22.4. The van der Waals surface area contributed by atoms with E-state index in [4.69, 9.17) is 14.8 Å². The van der Waals surface area contributed by atoms with Gasteiger partial charge in [0.15, 0.2) is 5.65 Å². The number of nitrogens with zero attached hydrogens (tertiary/aromatic N) is 6. The van der Waals surface area contributed by atoms with Crippen LogP contribution in [0.2, 0.25) is 0 Å². The molecule has 0 fully saturated rings. The topological polar surface area (TPSA) is 84.2 Å². The smallest absolute Gasteiger partial charge is 0.152 e. The molecule has 5 heterocycles. The average Bonchev–Trinajstić information content (AvgIpc) is 3.47. The summed E-state index contributed by atoms with van der Waals surface area (Å²) in [6.07, 6.45) is 4.55. The lowest BCUT2D eigenvalue weighted by atomic mass is 10.1. The third kappa shape index (κ3) is 3.69. The molecular weight excluding hydrogens is 434 g/mol. The Balaban J connectivity index is 1.31. The predicted octanol–water partition coefficient (Wildman–Crippen LogP) is 4.13. The van der Waals surface area contributed by atoms with E-state index in [2.05, 4.69) is 31.9 Å². The second-order valence-electron chi connectivity index (χ2n) is 8.26. The maximum atomic E-state index is 6.03. The number of pyridine rings is 1. The molecule has 8 nitrogen and oxygen atoms in total. The lowest BCUT2D eigenvalue weighted by Crippen LogP contribution is -2.23. The molecule has 33 heavy (non-hydrogen) atoms. The largest absolute Gasteiger partial charge is 0.353 e. The number of aromatic nitrogens is 5. The Kier molecular flexibility index (Phi) is 4.92. The highest BCUT2D eigenvalue weighted by molar-refractivity contribution is 7.19. The van der Waals surface area contributed by atoms with E-state index in [0.717, 1.165) is 60.9 Å². The summed E-state index contributed by atoms with van der Waals surface area (Å²) in [6.45, 7) is 3.59. The van der Waals surface area contributed by atoms with E-state index in [1.165, 1.54) is 0 Å². The van der Waals surface area contributed by atoms with E-state index in [0.29, 0.717) is 19.9 Å². The summed E-state index contributed by atoms with van der Waals surface area (Å²) >= 11 is 1.71. The van der Waals surface area contributed by atoms with Gasteiger partial charge in [-0.15, -0.1) is 11.3 Å². The van der Waals surface area contributed by atoms with Gasteiger partial charge in [-0.05, 0) is 30.7 Å². The highest BCUT2D eigenvalue weighted by Crippen LogP contribution is 2.32. The molecular formula is C24H23N7OS. The van der Waals surface area contributed by atoms with E-state index in [1.807, 2.05) is 55.7 Å². The molecule has 0 saturated carbocycles. The van der Waals surface area contributed by atoms with Gasteiger partial charge in [-0.25, -0.2) is 4.98 Å². The van der Waals surface area contributed by atoms with Crippen molar-refractivity contribution < 1.29 is 4.74 Å². The van der Waals surface area contributed by atoms with E-state index in [1.54, 1.807) is 11.3 Å². The molecule has 6 rings (SSSR count). The number of ether oxygens (including phenoxy) is 1. The molecule has 0 bridgehead atoms. The highest BCUT2D eigenvalue weighted by atomic mass is 32.1. The van der Waals surface area contributed by atoms with Gasteiger partial charge in [-0.1, -0.05) is 18.2 Å². The number of rotatable bonds is 4. The fourth-order valence-electron chi connectivity index (χ4n) is 4.30. The number of hydrogen-bond donors (Lipinski definition) is 1. The van der Waals surface area contributed by atoms with Crippen molar-refractivity contribution in [3.05, 3.63) is 75.8 Å². The Bertz CT molecular complexity index is 1500. The second kappa shape index (κ2) is 8.09. The third-order valence-corrected chi connectivity index (χ3v) is 7.05. The van der Waals surface area contributed by atoms with Gasteiger partial charge in [0.05, 0.1) is 41.5 Å². The van der Waals surface area contributed by atoms with Gasteiger partial charge in [-0.2, -0.15) is 10.2 Å². The van der Waals surface area contributed by atoms with E-state index in [-0.39, 0.29) is 0 Å². The summed E-state index contributed by atoms with van der Waals surface area (Å²) in [7, 11) is 2.05. The van der Waals surface area contributed by atoms with Crippen LogP contribution in [0.1, 0.15) is 33.2 Å². The Morgan fingerprint density at radius 2 is 2.06 bits per heavy atom. The van der Waals surface area contributed by atoms with Crippen LogP contribution < -0.4 is 0 Å². The van der Waals surface area contributed by atoms with Crippen molar-refractivity contribution in [3.8, 4) is 0 Å². The van der Waals surface area contributed by atoms with Crippen LogP contribution in [-0.2, 0) is 31.4 Å². The molecule has 0 radical (unpaired) electrons. The second-order valence-corrected chi connectivity index (χ2v) is 9.35. The molecule has 0 unspecified atom stereocenters. The first-order valence-electron chi connectivity index (χ1n) is 10.8. The average molecular weight is 458 g/mol. The normalized spacial score (nSPS) is 15.0. The van der Waals surface area contributed by atoms with Crippen molar-refractivity contribution in [2.45, 2.75) is 26.5 Å². The Morgan fingerprint density at radius 1 is 1.15 bits per heavy atom. The first-order valence-corrected chi connectivity index (χ1v) is 11.6. The molecule has 0 aliphatic carbocycles. The molecule has 1 aliphatic rings. The van der Waals surface area contributed by atoms with Gasteiger partial charge in [0.1, 0.15) is 11.7 Å². The summed E-state index contributed by atoms with van der Waals surface area (Å²) in [5, 5.41) is 16.1. The maximum absolute atomic E-state index is 6.03. The van der Waals surface area contributed by atoms with Gasteiger partial charge in [-0.3, -0.25) is 15.1 Å². The van der Waals surface area contributed by atoms with Crippen LogP contribution in [0, 0.1) is 6.92 Å². The minimum atomic E-state index is 0.417. The van der Waals surface area contributed by atoms with Crippen LogP contribution in [0.5, 0.6) is 0 Å². The van der Waals surface area contributed by atoms with Crippen LogP contribution in [0.15, 0.2) is 47.7 Å². The molecule has 4 aromatic heterocycles. The summed E-state index contributed by atoms with van der Waals surface area (Å²) in [4.78, 5) is 9.55. The minimum Gasteiger partial charge on any atom is -0.353 e. The number of H-pyrrole nitrogens is 1. The lowest BCUT2D eigenvalue weighted by molar-refractivity contribution is 0.0125. The van der Waals surface area contributed by atoms with Crippen LogP contribution in [0.3, 0.4) is 0 Å². The predicted molar refractivity (Wildman–Crippen MR) is 129 cm³/mol. The van der Waals surface area contributed by atoms with E-state index >= 15 is 0 Å². The van der Waals surface area contributed by atoms with E-state index < -0.39 is 0 Å². The molecule has 166 valence electrons. The summed E-state index contributed by atoms with van der Waals surface area (Å²) in [6, 6.07) is 12.3. The number of nitrogens with one attached hydrogen (secondary N) is 1. The Hall–Kier alpha value is -3.56. The van der Waals surface area contributed by atoms with Gasteiger partial charge in [0, 0.05) is 35.8 Å². The molecule has 5 aromatic rings. The van der Waals surface area contributed by atoms with Crippen molar-refractivity contribution >= 4 is 38.8 Å². The number of hydrogen-bond acceptors (Lipinski definition) is 7. The zero-order valence-electron chi connectivity index (χ0n) is 18.4. The SMILES string of the molecule is Cc1cccc(Cc2nc3c(s2)c2c(n3C)COCN(Cc3cccc4[nH]ncc34)/N=C\2)n1. The number of aromatic amines is 1. The van der Waals surface area contributed by atoms with Gasteiger partial charge >= 0.3 is 0 Å². The number of thiazole rings is 1. The molecule has 1 N–H and O–H groups in total. The van der Waals surface area contributed by atoms with Crippen LogP contribution in [-0.4, -0.2) is 42.7 Å². The molecule has 1 aromatic carbocycles. The monoisotopic (exact) mass is 457 g/mol. The molecule has 0 amide bonds. The number of hydrazone groups is 1. The first-order chi connectivity index (χ1) is 16.2. The standard InChI is InChI=1S/C24H23N7OS/c1-15-5-3-7-17(27-15)9-22-28-24-23(33-22)19-11-26-31(14-32-13-21(19)30(24)2)12-16-6-4-8-20-18(16)10-25-29-20/h3-8,10-11H,9,12-14H2,1-2H3,(H,25,29)/b26-11-. The van der Waals surface area contributed by atoms with Crippen molar-refractivity contribution in [1.82, 2.24) is 29.7 Å². The first kappa shape index (κ1) is 20.1. The van der Waals surface area contributed by atoms with Crippen LogP contribution in [0.4, 0.5) is 0 Å². The molecule has 1 aliphatic heterocycles. The van der Waals surface area contributed by atoms with Crippen LogP contribution in [0.25, 0.3) is 21.3 Å². The molecule has 0 spiro atoms. The summed E-state index contributed by atoms with van der Waals surface area (Å²) in [5.74, 6) is 0. The summed E-state index contributed by atoms with van der Waals surface area (Å²) in [5.41, 5.74) is 7.40. The quantitative estimate of drug-likeness (QED) is 0.439. The van der Waals surface area contributed by atoms with Gasteiger partial charge in [0.25, 0.3) is 0 Å². The third-order valence-electron chi connectivity index (χ3n) is 5.97. The number of benzene rings is 1. The fraction of sp³-hybridized carbons (Fsp3) is 0.250. The van der Waals surface area contributed by atoms with Crippen molar-refractivity contribution in [2.75, 3.05) is 6.73 Å². The Labute approximate surface area is 194 Å². The maximum Gasteiger partial charge on any atom is 0.152 e. The van der Waals surface area contributed by atoms with Gasteiger partial charge < -0.3 is 9.30 Å². The van der Waals surface area contributed by atoms with Crippen molar-refractivity contribution in [3.63, 3.8) is 0 Å². The van der Waals surface area contributed by atoms with Crippen LogP contribution >= 0.6 is 11.3 Å². The van der Waals surface area contributed by atoms with Crippen molar-refractivity contribution in [2.24, 2.45) is 12.1 Å². The van der Waals surface area contributed by atoms with Crippen molar-refractivity contribution in [1.29, 1.82) is 0 Å². The molecule has 9 heteroatoms. The lowest BCUT2D eigenvalue weighted by Gasteiger charge is -2.21. The Morgan fingerprint density at radius 3 is 2.97 bits per heavy atom. The number of aryl methyl sites for hydroxylation is 2. The fourth-order valence-corrected chi connectivity index (χ4v) is 5.45. The minimum absolute atomic E-state index is 0.417. The highest BCUT2D eigenvalue weighted by Gasteiger charge is 2.21. The number of fused-ring (bicyclic) bond motifs is 4. The molecule has 0 saturated heterocycles. The van der Waals surface area contributed by atoms with E-state index in [9.17, 15) is 0 Å².